The van der Waals surface area contributed by atoms with Gasteiger partial charge in [-0.2, -0.15) is 0 Å². The van der Waals surface area contributed by atoms with Crippen LogP contribution in [0.4, 0.5) is 0 Å². The molecule has 2 heterocycles. The quantitative estimate of drug-likeness (QED) is 0.0990. The summed E-state index contributed by atoms with van der Waals surface area (Å²) in [4.78, 5) is 0. The molecule has 0 aliphatic heterocycles. The first-order valence-electron chi connectivity index (χ1n) is 14.9. The SMILES string of the molecule is N=C(NC(NCc1ccccc1)c1ccc(-n2c3ccccc3c3c4sc5ccccc5c4ccc32)cc1)c1ccccc1. The number of thiophene rings is 1. The van der Waals surface area contributed by atoms with Crippen molar-refractivity contribution >= 4 is 59.2 Å². The van der Waals surface area contributed by atoms with Gasteiger partial charge in [-0.1, -0.05) is 115 Å². The van der Waals surface area contributed by atoms with Gasteiger partial charge in [0, 0.05) is 48.7 Å². The van der Waals surface area contributed by atoms with Crippen molar-refractivity contribution in [1.82, 2.24) is 15.2 Å². The van der Waals surface area contributed by atoms with Crippen molar-refractivity contribution in [2.75, 3.05) is 0 Å². The van der Waals surface area contributed by atoms with Crippen LogP contribution in [-0.2, 0) is 6.54 Å². The minimum absolute atomic E-state index is 0.242. The molecule has 4 nitrogen and oxygen atoms in total. The Hall–Kier alpha value is -5.23. The molecule has 0 saturated heterocycles. The van der Waals surface area contributed by atoms with Gasteiger partial charge in [-0.15, -0.1) is 11.3 Å². The number of fused-ring (bicyclic) bond motifs is 7. The van der Waals surface area contributed by atoms with Crippen molar-refractivity contribution < 1.29 is 0 Å². The molecule has 0 amide bonds. The summed E-state index contributed by atoms with van der Waals surface area (Å²) < 4.78 is 5.03. The topological polar surface area (TPSA) is 52.8 Å². The zero-order chi connectivity index (χ0) is 29.5. The first-order valence-corrected chi connectivity index (χ1v) is 15.7. The average Bonchev–Trinajstić information content (AvgIpc) is 3.63. The Balaban J connectivity index is 1.20. The Morgan fingerprint density at radius 1 is 0.636 bits per heavy atom. The van der Waals surface area contributed by atoms with E-state index in [1.807, 2.05) is 47.7 Å². The fourth-order valence-corrected chi connectivity index (χ4v) is 7.49. The summed E-state index contributed by atoms with van der Waals surface area (Å²) in [5, 5.41) is 21.1. The summed E-state index contributed by atoms with van der Waals surface area (Å²) >= 11 is 1.88. The van der Waals surface area contributed by atoms with Crippen LogP contribution in [0.2, 0.25) is 0 Å². The lowest BCUT2D eigenvalue weighted by molar-refractivity contribution is 0.504. The van der Waals surface area contributed by atoms with Crippen LogP contribution in [0, 0.1) is 5.41 Å². The van der Waals surface area contributed by atoms with Crippen molar-refractivity contribution in [2.24, 2.45) is 0 Å². The molecule has 0 radical (unpaired) electrons. The van der Waals surface area contributed by atoms with E-state index in [9.17, 15) is 0 Å². The van der Waals surface area contributed by atoms with E-state index in [1.54, 1.807) is 0 Å². The van der Waals surface area contributed by atoms with Crippen LogP contribution in [0.1, 0.15) is 22.9 Å². The third-order valence-corrected chi connectivity index (χ3v) is 9.57. The lowest BCUT2D eigenvalue weighted by atomic mass is 10.1. The van der Waals surface area contributed by atoms with Gasteiger partial charge in [-0.05, 0) is 41.5 Å². The summed E-state index contributed by atoms with van der Waals surface area (Å²) in [7, 11) is 0. The van der Waals surface area contributed by atoms with Gasteiger partial charge in [-0.25, -0.2) is 0 Å². The predicted octanol–water partition coefficient (Wildman–Crippen LogP) is 9.56. The highest BCUT2D eigenvalue weighted by molar-refractivity contribution is 7.26. The number of nitrogens with zero attached hydrogens (tertiary/aromatic N) is 1. The Morgan fingerprint density at radius 3 is 2.11 bits per heavy atom. The fraction of sp³-hybridized carbons (Fsp3) is 0.0513. The summed E-state index contributed by atoms with van der Waals surface area (Å²) in [6, 6.07) is 50.9. The molecule has 6 aromatic carbocycles. The maximum Gasteiger partial charge on any atom is 0.126 e. The molecule has 44 heavy (non-hydrogen) atoms. The van der Waals surface area contributed by atoms with Crippen molar-refractivity contribution in [3.05, 3.63) is 162 Å². The lowest BCUT2D eigenvalue weighted by Crippen LogP contribution is -2.37. The smallest absolute Gasteiger partial charge is 0.126 e. The van der Waals surface area contributed by atoms with E-state index in [0.29, 0.717) is 12.4 Å². The number of aromatic nitrogens is 1. The largest absolute Gasteiger partial charge is 0.351 e. The molecule has 0 spiro atoms. The van der Waals surface area contributed by atoms with Gasteiger partial charge in [0.25, 0.3) is 0 Å². The summed E-state index contributed by atoms with van der Waals surface area (Å²) in [6.07, 6.45) is -0.242. The molecular formula is C39H30N4S. The molecular weight excluding hydrogens is 557 g/mol. The summed E-state index contributed by atoms with van der Waals surface area (Å²) in [6.45, 7) is 0.681. The van der Waals surface area contributed by atoms with E-state index >= 15 is 0 Å². The van der Waals surface area contributed by atoms with Crippen LogP contribution < -0.4 is 10.6 Å². The van der Waals surface area contributed by atoms with Gasteiger partial charge in [-0.3, -0.25) is 10.7 Å². The normalized spacial score (nSPS) is 12.3. The summed E-state index contributed by atoms with van der Waals surface area (Å²) in [5.41, 5.74) is 6.63. The minimum atomic E-state index is -0.242. The van der Waals surface area contributed by atoms with Gasteiger partial charge >= 0.3 is 0 Å². The average molecular weight is 587 g/mol. The standard InChI is InChI=1S/C39H30N4S/c40-38(27-13-5-2-6-14-27)42-39(41-25-26-11-3-1-4-12-26)28-19-21-29(22-20-28)43-33-17-9-7-16-32(33)36-34(43)24-23-31-30-15-8-10-18-35(30)44-37(31)36/h1-24,39,41H,25H2,(H2,40,42). The second-order valence-electron chi connectivity index (χ2n) is 11.1. The Labute approximate surface area is 259 Å². The van der Waals surface area contributed by atoms with Crippen LogP contribution in [0.25, 0.3) is 47.7 Å². The van der Waals surface area contributed by atoms with Gasteiger partial charge in [0.1, 0.15) is 12.0 Å². The first-order chi connectivity index (χ1) is 21.7. The van der Waals surface area contributed by atoms with Gasteiger partial charge < -0.3 is 9.88 Å². The van der Waals surface area contributed by atoms with E-state index in [4.69, 9.17) is 5.41 Å². The Morgan fingerprint density at radius 2 is 1.32 bits per heavy atom. The molecule has 8 rings (SSSR count). The number of hydrogen-bond acceptors (Lipinski definition) is 3. The third kappa shape index (κ3) is 4.63. The van der Waals surface area contributed by atoms with Crippen LogP contribution in [0.3, 0.4) is 0 Å². The molecule has 3 N–H and O–H groups in total. The van der Waals surface area contributed by atoms with Gasteiger partial charge in [0.2, 0.25) is 0 Å². The van der Waals surface area contributed by atoms with E-state index in [2.05, 4.69) is 124 Å². The van der Waals surface area contributed by atoms with Crippen molar-refractivity contribution in [2.45, 2.75) is 12.7 Å². The fourth-order valence-electron chi connectivity index (χ4n) is 6.23. The molecule has 1 atom stereocenters. The van der Waals surface area contributed by atoms with Crippen LogP contribution >= 0.6 is 11.3 Å². The second-order valence-corrected chi connectivity index (χ2v) is 12.1. The monoisotopic (exact) mass is 586 g/mol. The second kappa shape index (κ2) is 11.1. The molecule has 0 bridgehead atoms. The summed E-state index contributed by atoms with van der Waals surface area (Å²) in [5.74, 6) is 0.384. The van der Waals surface area contributed by atoms with Crippen molar-refractivity contribution in [3.8, 4) is 5.69 Å². The number of nitrogens with one attached hydrogen (secondary N) is 3. The third-order valence-electron chi connectivity index (χ3n) is 8.37. The van der Waals surface area contributed by atoms with Crippen LogP contribution in [-0.4, -0.2) is 10.4 Å². The maximum absolute atomic E-state index is 8.78. The molecule has 8 aromatic rings. The van der Waals surface area contributed by atoms with Crippen LogP contribution in [0.5, 0.6) is 0 Å². The van der Waals surface area contributed by atoms with Gasteiger partial charge in [0.15, 0.2) is 0 Å². The number of amidine groups is 1. The number of benzene rings is 6. The van der Waals surface area contributed by atoms with E-state index in [1.165, 1.54) is 47.5 Å². The molecule has 0 saturated carbocycles. The molecule has 0 fully saturated rings. The van der Waals surface area contributed by atoms with E-state index in [-0.39, 0.29) is 6.17 Å². The highest BCUT2D eigenvalue weighted by Crippen LogP contribution is 2.43. The van der Waals surface area contributed by atoms with Crippen molar-refractivity contribution in [1.29, 1.82) is 5.41 Å². The highest BCUT2D eigenvalue weighted by atomic mass is 32.1. The Bertz CT molecular complexity index is 2270. The van der Waals surface area contributed by atoms with E-state index < -0.39 is 0 Å². The number of para-hydroxylation sites is 1. The zero-order valence-electron chi connectivity index (χ0n) is 24.0. The highest BCUT2D eigenvalue weighted by Gasteiger charge is 2.18. The number of rotatable bonds is 7. The molecule has 212 valence electrons. The van der Waals surface area contributed by atoms with Crippen LogP contribution in [0.15, 0.2) is 146 Å². The van der Waals surface area contributed by atoms with Crippen molar-refractivity contribution in [3.63, 3.8) is 0 Å². The van der Waals surface area contributed by atoms with E-state index in [0.717, 1.165) is 16.8 Å². The van der Waals surface area contributed by atoms with Gasteiger partial charge in [0.05, 0.1) is 11.0 Å². The maximum atomic E-state index is 8.78. The molecule has 5 heteroatoms. The molecule has 2 aromatic heterocycles. The molecule has 0 aliphatic carbocycles. The molecule has 0 aliphatic rings. The minimum Gasteiger partial charge on any atom is -0.351 e. The Kier molecular flexibility index (Phi) is 6.67. The molecule has 1 unspecified atom stereocenters. The first kappa shape index (κ1) is 26.4. The zero-order valence-corrected chi connectivity index (χ0v) is 24.8. The predicted molar refractivity (Wildman–Crippen MR) is 186 cm³/mol. The number of hydrogen-bond donors (Lipinski definition) is 3. The lowest BCUT2D eigenvalue weighted by Gasteiger charge is -2.23.